The fourth-order valence-corrected chi connectivity index (χ4v) is 3.98. The molecule has 24 heavy (non-hydrogen) atoms. The third-order valence-corrected chi connectivity index (χ3v) is 5.85. The lowest BCUT2D eigenvalue weighted by molar-refractivity contribution is 0.102. The molecule has 4 nitrogen and oxygen atoms in total. The number of aryl methyl sites for hydroxylation is 1. The van der Waals surface area contributed by atoms with E-state index in [0.29, 0.717) is 16.7 Å². The fourth-order valence-electron chi connectivity index (χ4n) is 2.21. The third-order valence-electron chi connectivity index (χ3n) is 3.55. The maximum atomic E-state index is 13.0. The summed E-state index contributed by atoms with van der Waals surface area (Å²) < 4.78 is 14.8. The molecule has 0 N–H and O–H groups in total. The number of thiophene rings is 1. The molecular formula is C17H16FN3OS2. The number of Topliss-reactive ketones (excluding diaryl/α,β-unsaturated/α-hetero) is 1. The summed E-state index contributed by atoms with van der Waals surface area (Å²) >= 11 is 2.90. The Kier molecular flexibility index (Phi) is 5.11. The molecule has 3 aromatic rings. The predicted molar refractivity (Wildman–Crippen MR) is 95.1 cm³/mol. The van der Waals surface area contributed by atoms with Crippen LogP contribution in [0.5, 0.6) is 0 Å². The molecule has 3 rings (SSSR count). The Hall–Kier alpha value is -1.99. The van der Waals surface area contributed by atoms with Crippen LogP contribution in [0.25, 0.3) is 11.4 Å². The Morgan fingerprint density at radius 1 is 1.21 bits per heavy atom. The van der Waals surface area contributed by atoms with E-state index in [2.05, 4.69) is 17.1 Å². The third kappa shape index (κ3) is 3.57. The molecule has 0 aliphatic heterocycles. The Bertz CT molecular complexity index is 855. The second-order valence-corrected chi connectivity index (χ2v) is 7.31. The van der Waals surface area contributed by atoms with Crippen molar-refractivity contribution >= 4 is 28.9 Å². The Morgan fingerprint density at radius 2 is 1.96 bits per heavy atom. The van der Waals surface area contributed by atoms with Gasteiger partial charge in [0.2, 0.25) is 0 Å². The Balaban J connectivity index is 1.70. The van der Waals surface area contributed by atoms with Gasteiger partial charge < -0.3 is 4.57 Å². The van der Waals surface area contributed by atoms with E-state index in [1.165, 1.54) is 28.8 Å². The van der Waals surface area contributed by atoms with Crippen molar-refractivity contribution in [1.82, 2.24) is 14.8 Å². The molecule has 0 saturated heterocycles. The van der Waals surface area contributed by atoms with Gasteiger partial charge in [-0.25, -0.2) is 4.39 Å². The van der Waals surface area contributed by atoms with Gasteiger partial charge in [0.25, 0.3) is 0 Å². The maximum absolute atomic E-state index is 13.0. The number of aromatic nitrogens is 3. The first kappa shape index (κ1) is 16.9. The van der Waals surface area contributed by atoms with Crippen LogP contribution in [0, 0.1) is 5.82 Å². The molecule has 0 radical (unpaired) electrons. The lowest BCUT2D eigenvalue weighted by Gasteiger charge is -2.03. The summed E-state index contributed by atoms with van der Waals surface area (Å²) in [6.45, 7) is 2.07. The zero-order valence-corrected chi connectivity index (χ0v) is 15.0. The van der Waals surface area contributed by atoms with Crippen molar-refractivity contribution in [1.29, 1.82) is 0 Å². The van der Waals surface area contributed by atoms with E-state index in [1.807, 2.05) is 23.7 Å². The molecule has 0 amide bonds. The zero-order valence-electron chi connectivity index (χ0n) is 13.3. The van der Waals surface area contributed by atoms with Crippen LogP contribution in [0.1, 0.15) is 21.5 Å². The van der Waals surface area contributed by atoms with Crippen LogP contribution < -0.4 is 0 Å². The van der Waals surface area contributed by atoms with Crippen LogP contribution in [0.4, 0.5) is 4.39 Å². The van der Waals surface area contributed by atoms with Crippen molar-refractivity contribution in [2.75, 3.05) is 5.75 Å². The SMILES string of the molecule is CCc1ccc(C(=O)CSc2nnc(-c3ccc(F)cc3)n2C)s1. The minimum absolute atomic E-state index is 0.0935. The first-order chi connectivity index (χ1) is 11.6. The molecule has 0 spiro atoms. The summed E-state index contributed by atoms with van der Waals surface area (Å²) in [6.07, 6.45) is 0.940. The van der Waals surface area contributed by atoms with Gasteiger partial charge >= 0.3 is 0 Å². The number of rotatable bonds is 6. The highest BCUT2D eigenvalue weighted by atomic mass is 32.2. The van der Waals surface area contributed by atoms with Crippen LogP contribution >= 0.6 is 23.1 Å². The first-order valence-electron chi connectivity index (χ1n) is 7.48. The highest BCUT2D eigenvalue weighted by Crippen LogP contribution is 2.25. The molecule has 0 bridgehead atoms. The smallest absolute Gasteiger partial charge is 0.191 e. The molecule has 124 valence electrons. The summed E-state index contributed by atoms with van der Waals surface area (Å²) in [5, 5.41) is 8.94. The highest BCUT2D eigenvalue weighted by molar-refractivity contribution is 7.99. The zero-order chi connectivity index (χ0) is 17.1. The number of halogens is 1. The van der Waals surface area contributed by atoms with Crippen LogP contribution in [-0.4, -0.2) is 26.3 Å². The molecular weight excluding hydrogens is 345 g/mol. The summed E-state index contributed by atoms with van der Waals surface area (Å²) in [4.78, 5) is 14.3. The number of ketones is 1. The van der Waals surface area contributed by atoms with Crippen LogP contribution in [0.15, 0.2) is 41.6 Å². The topological polar surface area (TPSA) is 47.8 Å². The van der Waals surface area contributed by atoms with Gasteiger partial charge in [-0.05, 0) is 42.8 Å². The monoisotopic (exact) mass is 361 g/mol. The largest absolute Gasteiger partial charge is 0.305 e. The Morgan fingerprint density at radius 3 is 2.62 bits per heavy atom. The number of hydrogen-bond donors (Lipinski definition) is 0. The second kappa shape index (κ2) is 7.27. The molecule has 0 aliphatic carbocycles. The van der Waals surface area contributed by atoms with E-state index >= 15 is 0 Å². The van der Waals surface area contributed by atoms with Gasteiger partial charge in [-0.1, -0.05) is 18.7 Å². The van der Waals surface area contributed by atoms with Crippen molar-refractivity contribution < 1.29 is 9.18 Å². The van der Waals surface area contributed by atoms with Gasteiger partial charge in [-0.2, -0.15) is 0 Å². The van der Waals surface area contributed by atoms with E-state index in [-0.39, 0.29) is 11.6 Å². The standard InChI is InChI=1S/C17H16FN3OS2/c1-3-13-8-9-15(24-13)14(22)10-23-17-20-19-16(21(17)2)11-4-6-12(18)7-5-11/h4-9H,3,10H2,1-2H3. The quantitative estimate of drug-likeness (QED) is 0.487. The van der Waals surface area contributed by atoms with E-state index in [9.17, 15) is 9.18 Å². The average molecular weight is 361 g/mol. The average Bonchev–Trinajstić information content (AvgIpc) is 3.21. The molecule has 0 aliphatic rings. The number of hydrogen-bond acceptors (Lipinski definition) is 5. The lowest BCUT2D eigenvalue weighted by atomic mass is 10.2. The molecule has 2 aromatic heterocycles. The fraction of sp³-hybridized carbons (Fsp3) is 0.235. The van der Waals surface area contributed by atoms with Gasteiger partial charge in [0, 0.05) is 17.5 Å². The summed E-state index contributed by atoms with van der Waals surface area (Å²) in [6, 6.07) is 9.99. The van der Waals surface area contributed by atoms with Crippen LogP contribution in [0.2, 0.25) is 0 Å². The number of carbonyl (C=O) groups is 1. The maximum Gasteiger partial charge on any atom is 0.191 e. The predicted octanol–water partition coefficient (Wildman–Crippen LogP) is 4.22. The number of carbonyl (C=O) groups excluding carboxylic acids is 1. The molecule has 2 heterocycles. The molecule has 0 unspecified atom stereocenters. The summed E-state index contributed by atoms with van der Waals surface area (Å²) in [5.41, 5.74) is 0.787. The number of thioether (sulfide) groups is 1. The van der Waals surface area contributed by atoms with Gasteiger partial charge in [0.1, 0.15) is 5.82 Å². The van der Waals surface area contributed by atoms with E-state index in [0.717, 1.165) is 16.9 Å². The molecule has 7 heteroatoms. The summed E-state index contributed by atoms with van der Waals surface area (Å²) in [7, 11) is 1.84. The minimum atomic E-state index is -0.288. The van der Waals surface area contributed by atoms with Crippen molar-refractivity contribution in [2.45, 2.75) is 18.5 Å². The normalized spacial score (nSPS) is 11.0. The highest BCUT2D eigenvalue weighted by Gasteiger charge is 2.15. The van der Waals surface area contributed by atoms with E-state index in [1.54, 1.807) is 23.5 Å². The van der Waals surface area contributed by atoms with Gasteiger partial charge in [-0.3, -0.25) is 4.79 Å². The first-order valence-corrected chi connectivity index (χ1v) is 9.28. The molecule has 0 saturated carbocycles. The summed E-state index contributed by atoms with van der Waals surface area (Å²) in [5.74, 6) is 0.771. The van der Waals surface area contributed by atoms with Crippen molar-refractivity contribution in [3.8, 4) is 11.4 Å². The molecule has 0 atom stereocenters. The Labute approximate surface area is 147 Å². The number of nitrogens with zero attached hydrogens (tertiary/aromatic N) is 3. The molecule has 1 aromatic carbocycles. The second-order valence-electron chi connectivity index (χ2n) is 5.20. The van der Waals surface area contributed by atoms with Gasteiger partial charge in [0.15, 0.2) is 16.8 Å². The van der Waals surface area contributed by atoms with Gasteiger partial charge in [-0.15, -0.1) is 21.5 Å². The van der Waals surface area contributed by atoms with E-state index in [4.69, 9.17) is 0 Å². The van der Waals surface area contributed by atoms with Crippen molar-refractivity contribution in [3.05, 3.63) is 52.0 Å². The lowest BCUT2D eigenvalue weighted by Crippen LogP contribution is -2.02. The van der Waals surface area contributed by atoms with Crippen molar-refractivity contribution in [2.24, 2.45) is 7.05 Å². The van der Waals surface area contributed by atoms with Crippen LogP contribution in [-0.2, 0) is 13.5 Å². The minimum Gasteiger partial charge on any atom is -0.305 e. The van der Waals surface area contributed by atoms with E-state index < -0.39 is 0 Å². The molecule has 0 fully saturated rings. The van der Waals surface area contributed by atoms with Gasteiger partial charge in [0.05, 0.1) is 10.6 Å². The number of benzene rings is 1. The van der Waals surface area contributed by atoms with Crippen LogP contribution in [0.3, 0.4) is 0 Å². The van der Waals surface area contributed by atoms with Crippen molar-refractivity contribution in [3.63, 3.8) is 0 Å².